The minimum Gasteiger partial charge on any atom is -0.379 e. The van der Waals surface area contributed by atoms with Gasteiger partial charge in [-0.25, -0.2) is 8.42 Å². The van der Waals surface area contributed by atoms with Crippen LogP contribution in [0, 0.1) is 5.92 Å². The van der Waals surface area contributed by atoms with Gasteiger partial charge in [-0.15, -0.1) is 0 Å². The van der Waals surface area contributed by atoms with Crippen molar-refractivity contribution in [1.29, 1.82) is 0 Å². The molecule has 144 valence electrons. The van der Waals surface area contributed by atoms with E-state index in [2.05, 4.69) is 10.2 Å². The van der Waals surface area contributed by atoms with Gasteiger partial charge < -0.3 is 10.1 Å². The fraction of sp³-hybridized carbons (Fsp3) is 0.611. The Morgan fingerprint density at radius 2 is 1.88 bits per heavy atom. The molecule has 2 fully saturated rings. The van der Waals surface area contributed by atoms with Gasteiger partial charge in [0.2, 0.25) is 15.9 Å². The van der Waals surface area contributed by atoms with Crippen molar-refractivity contribution >= 4 is 15.9 Å². The Morgan fingerprint density at radius 3 is 2.62 bits per heavy atom. The van der Waals surface area contributed by atoms with Crippen LogP contribution < -0.4 is 5.32 Å². The number of morpholine rings is 1. The Bertz CT molecular complexity index is 690. The molecule has 1 atom stereocenters. The van der Waals surface area contributed by atoms with Crippen LogP contribution in [-0.2, 0) is 19.6 Å². The zero-order valence-corrected chi connectivity index (χ0v) is 15.8. The first-order valence-electron chi connectivity index (χ1n) is 9.20. The minimum absolute atomic E-state index is 0.0498. The minimum atomic E-state index is -3.53. The Kier molecular flexibility index (Phi) is 6.63. The van der Waals surface area contributed by atoms with E-state index in [4.69, 9.17) is 4.74 Å². The molecule has 2 saturated heterocycles. The van der Waals surface area contributed by atoms with E-state index in [1.54, 1.807) is 30.3 Å². The summed E-state index contributed by atoms with van der Waals surface area (Å²) in [5.74, 6) is -0.335. The molecular weight excluding hydrogens is 354 g/mol. The molecule has 8 heteroatoms. The number of carbonyl (C=O) groups excluding carboxylic acids is 1. The predicted molar refractivity (Wildman–Crippen MR) is 98.2 cm³/mol. The number of hydrogen-bond donors (Lipinski definition) is 1. The first-order valence-corrected chi connectivity index (χ1v) is 10.6. The van der Waals surface area contributed by atoms with Crippen molar-refractivity contribution in [3.8, 4) is 0 Å². The van der Waals surface area contributed by atoms with Gasteiger partial charge in [-0.05, 0) is 25.0 Å². The van der Waals surface area contributed by atoms with Gasteiger partial charge in [-0.2, -0.15) is 4.31 Å². The SMILES string of the molecule is O=C(NCCN1CCOCC1)[C@@H]1CCCN(S(=O)(=O)c2ccccc2)C1. The molecular formula is C18H27N3O4S. The van der Waals surface area contributed by atoms with E-state index in [0.29, 0.717) is 19.5 Å². The lowest BCUT2D eigenvalue weighted by Gasteiger charge is -2.31. The molecule has 0 unspecified atom stereocenters. The first-order chi connectivity index (χ1) is 12.6. The molecule has 0 saturated carbocycles. The molecule has 0 aromatic heterocycles. The second kappa shape index (κ2) is 8.94. The number of piperidine rings is 1. The monoisotopic (exact) mass is 381 g/mol. The summed E-state index contributed by atoms with van der Waals surface area (Å²) in [7, 11) is -3.53. The van der Waals surface area contributed by atoms with E-state index >= 15 is 0 Å². The van der Waals surface area contributed by atoms with Gasteiger partial charge in [-0.3, -0.25) is 9.69 Å². The third-order valence-electron chi connectivity index (χ3n) is 4.97. The standard InChI is InChI=1S/C18H27N3O4S/c22-18(19-8-10-20-11-13-25-14-12-20)16-5-4-9-21(15-16)26(23,24)17-6-2-1-3-7-17/h1-3,6-7,16H,4-5,8-15H2,(H,19,22)/t16-/m1/s1. The van der Waals surface area contributed by atoms with Crippen LogP contribution in [0.5, 0.6) is 0 Å². The van der Waals surface area contributed by atoms with Crippen LogP contribution in [0.25, 0.3) is 0 Å². The van der Waals surface area contributed by atoms with Gasteiger partial charge in [0, 0.05) is 39.3 Å². The highest BCUT2D eigenvalue weighted by Gasteiger charge is 2.33. The van der Waals surface area contributed by atoms with Crippen LogP contribution in [-0.4, -0.2) is 76.0 Å². The largest absolute Gasteiger partial charge is 0.379 e. The lowest BCUT2D eigenvalue weighted by atomic mass is 9.99. The molecule has 2 aliphatic rings. The number of sulfonamides is 1. The maximum atomic E-state index is 12.8. The molecule has 1 N–H and O–H groups in total. The van der Waals surface area contributed by atoms with E-state index in [-0.39, 0.29) is 23.3 Å². The average molecular weight is 381 g/mol. The molecule has 1 aromatic rings. The quantitative estimate of drug-likeness (QED) is 0.778. The number of nitrogens with zero attached hydrogens (tertiary/aromatic N) is 2. The molecule has 7 nitrogen and oxygen atoms in total. The number of nitrogens with one attached hydrogen (secondary N) is 1. The van der Waals surface area contributed by atoms with E-state index < -0.39 is 10.0 Å². The molecule has 1 amide bonds. The Morgan fingerprint density at radius 1 is 1.15 bits per heavy atom. The highest BCUT2D eigenvalue weighted by Crippen LogP contribution is 2.23. The summed E-state index contributed by atoms with van der Waals surface area (Å²) in [4.78, 5) is 15.0. The predicted octanol–water partition coefficient (Wildman–Crippen LogP) is 0.536. The maximum Gasteiger partial charge on any atom is 0.243 e. The van der Waals surface area contributed by atoms with Crippen molar-refractivity contribution in [3.63, 3.8) is 0 Å². The van der Waals surface area contributed by atoms with Gasteiger partial charge >= 0.3 is 0 Å². The third kappa shape index (κ3) is 4.82. The zero-order valence-electron chi connectivity index (χ0n) is 15.0. The van der Waals surface area contributed by atoms with Gasteiger partial charge in [0.25, 0.3) is 0 Å². The smallest absolute Gasteiger partial charge is 0.243 e. The topological polar surface area (TPSA) is 79.0 Å². The van der Waals surface area contributed by atoms with E-state index in [1.165, 1.54) is 4.31 Å². The normalized spacial score (nSPS) is 22.8. The van der Waals surface area contributed by atoms with Crippen LogP contribution in [0.15, 0.2) is 35.2 Å². The van der Waals surface area contributed by atoms with E-state index in [1.807, 2.05) is 0 Å². The summed E-state index contributed by atoms with van der Waals surface area (Å²) in [5, 5.41) is 2.97. The summed E-state index contributed by atoms with van der Waals surface area (Å²) in [5.41, 5.74) is 0. The van der Waals surface area contributed by atoms with Crippen LogP contribution in [0.3, 0.4) is 0 Å². The Balaban J connectivity index is 1.52. The molecule has 0 spiro atoms. The van der Waals surface area contributed by atoms with Crippen LogP contribution in [0.2, 0.25) is 0 Å². The fourth-order valence-corrected chi connectivity index (χ4v) is 4.97. The van der Waals surface area contributed by atoms with Gasteiger partial charge in [0.05, 0.1) is 24.0 Å². The Hall–Kier alpha value is -1.48. The van der Waals surface area contributed by atoms with Gasteiger partial charge in [-0.1, -0.05) is 18.2 Å². The van der Waals surface area contributed by atoms with Gasteiger partial charge in [0.1, 0.15) is 0 Å². The van der Waals surface area contributed by atoms with Gasteiger partial charge in [0.15, 0.2) is 0 Å². The van der Waals surface area contributed by atoms with Crippen molar-refractivity contribution in [1.82, 2.24) is 14.5 Å². The van der Waals surface area contributed by atoms with Crippen molar-refractivity contribution in [2.75, 3.05) is 52.5 Å². The molecule has 1 aromatic carbocycles. The molecule has 2 aliphatic heterocycles. The zero-order chi connectivity index (χ0) is 18.4. The molecule has 26 heavy (non-hydrogen) atoms. The fourth-order valence-electron chi connectivity index (χ4n) is 3.42. The number of hydrogen-bond acceptors (Lipinski definition) is 5. The molecule has 0 bridgehead atoms. The van der Waals surface area contributed by atoms with Crippen LogP contribution >= 0.6 is 0 Å². The lowest BCUT2D eigenvalue weighted by molar-refractivity contribution is -0.126. The highest BCUT2D eigenvalue weighted by atomic mass is 32.2. The number of ether oxygens (including phenoxy) is 1. The lowest BCUT2D eigenvalue weighted by Crippen LogP contribution is -2.47. The Labute approximate surface area is 155 Å². The summed E-state index contributed by atoms with van der Waals surface area (Å²) in [6.45, 7) is 5.36. The average Bonchev–Trinajstić information content (AvgIpc) is 2.69. The second-order valence-electron chi connectivity index (χ2n) is 6.76. The molecule has 0 radical (unpaired) electrons. The van der Waals surface area contributed by atoms with Crippen molar-refractivity contribution < 1.29 is 17.9 Å². The number of carbonyl (C=O) groups is 1. The van der Waals surface area contributed by atoms with Crippen molar-refractivity contribution in [2.45, 2.75) is 17.7 Å². The summed E-state index contributed by atoms with van der Waals surface area (Å²) in [6.07, 6.45) is 1.43. The molecule has 2 heterocycles. The number of rotatable bonds is 6. The summed E-state index contributed by atoms with van der Waals surface area (Å²) in [6, 6.07) is 8.42. The van der Waals surface area contributed by atoms with E-state index in [0.717, 1.165) is 39.3 Å². The molecule has 0 aliphatic carbocycles. The molecule has 3 rings (SSSR count). The van der Waals surface area contributed by atoms with E-state index in [9.17, 15) is 13.2 Å². The summed E-state index contributed by atoms with van der Waals surface area (Å²) >= 11 is 0. The van der Waals surface area contributed by atoms with Crippen molar-refractivity contribution in [2.24, 2.45) is 5.92 Å². The second-order valence-corrected chi connectivity index (χ2v) is 8.70. The first kappa shape index (κ1) is 19.3. The highest BCUT2D eigenvalue weighted by molar-refractivity contribution is 7.89. The maximum absolute atomic E-state index is 12.8. The van der Waals surface area contributed by atoms with Crippen LogP contribution in [0.1, 0.15) is 12.8 Å². The number of benzene rings is 1. The number of amides is 1. The summed E-state index contributed by atoms with van der Waals surface area (Å²) < 4.78 is 32.3. The third-order valence-corrected chi connectivity index (χ3v) is 6.85. The van der Waals surface area contributed by atoms with Crippen LogP contribution in [0.4, 0.5) is 0 Å². The van der Waals surface area contributed by atoms with Crippen molar-refractivity contribution in [3.05, 3.63) is 30.3 Å².